The fourth-order valence-electron chi connectivity index (χ4n) is 2.75. The summed E-state index contributed by atoms with van der Waals surface area (Å²) in [5.74, 6) is 0.540. The SMILES string of the molecule is OCC1CCCN(C2CCNCC2)C1. The van der Waals surface area contributed by atoms with Crippen LogP contribution in [0.15, 0.2) is 0 Å². The summed E-state index contributed by atoms with van der Waals surface area (Å²) in [7, 11) is 0. The number of hydrogen-bond acceptors (Lipinski definition) is 3. The van der Waals surface area contributed by atoms with Crippen LogP contribution in [0.1, 0.15) is 25.7 Å². The summed E-state index contributed by atoms with van der Waals surface area (Å²) in [6, 6.07) is 0.783. The molecule has 14 heavy (non-hydrogen) atoms. The molecule has 1 atom stereocenters. The highest BCUT2D eigenvalue weighted by Gasteiger charge is 2.26. The van der Waals surface area contributed by atoms with Crippen LogP contribution < -0.4 is 5.32 Å². The average molecular weight is 198 g/mol. The average Bonchev–Trinajstić information content (AvgIpc) is 2.30. The van der Waals surface area contributed by atoms with Crippen molar-refractivity contribution in [2.75, 3.05) is 32.8 Å². The van der Waals surface area contributed by atoms with E-state index in [2.05, 4.69) is 10.2 Å². The lowest BCUT2D eigenvalue weighted by molar-refractivity contribution is 0.0751. The first-order valence-electron chi connectivity index (χ1n) is 5.96. The van der Waals surface area contributed by atoms with E-state index in [1.165, 1.54) is 45.3 Å². The topological polar surface area (TPSA) is 35.5 Å². The summed E-state index contributed by atoms with van der Waals surface area (Å²) < 4.78 is 0. The molecule has 2 N–H and O–H groups in total. The van der Waals surface area contributed by atoms with Gasteiger partial charge in [-0.15, -0.1) is 0 Å². The van der Waals surface area contributed by atoms with E-state index in [0.29, 0.717) is 12.5 Å². The monoisotopic (exact) mass is 198 g/mol. The molecule has 0 radical (unpaired) electrons. The van der Waals surface area contributed by atoms with Crippen LogP contribution in [0.2, 0.25) is 0 Å². The Balaban J connectivity index is 1.83. The summed E-state index contributed by atoms with van der Waals surface area (Å²) in [4.78, 5) is 2.60. The zero-order valence-corrected chi connectivity index (χ0v) is 8.91. The number of aliphatic hydroxyl groups excluding tert-OH is 1. The van der Waals surface area contributed by atoms with Crippen molar-refractivity contribution in [3.63, 3.8) is 0 Å². The van der Waals surface area contributed by atoms with Gasteiger partial charge in [0.1, 0.15) is 0 Å². The molecule has 2 aliphatic heterocycles. The molecule has 3 heteroatoms. The minimum absolute atomic E-state index is 0.376. The molecule has 0 aromatic heterocycles. The third-order valence-electron chi connectivity index (χ3n) is 3.63. The number of hydrogen-bond donors (Lipinski definition) is 2. The number of rotatable bonds is 2. The highest BCUT2D eigenvalue weighted by atomic mass is 16.3. The van der Waals surface area contributed by atoms with E-state index in [0.717, 1.165) is 12.6 Å². The minimum atomic E-state index is 0.376. The molecule has 3 nitrogen and oxygen atoms in total. The van der Waals surface area contributed by atoms with Gasteiger partial charge >= 0.3 is 0 Å². The number of nitrogens with one attached hydrogen (secondary N) is 1. The van der Waals surface area contributed by atoms with Gasteiger partial charge in [-0.2, -0.15) is 0 Å². The van der Waals surface area contributed by atoms with E-state index < -0.39 is 0 Å². The van der Waals surface area contributed by atoms with E-state index in [4.69, 9.17) is 5.11 Å². The van der Waals surface area contributed by atoms with Gasteiger partial charge in [-0.1, -0.05) is 0 Å². The lowest BCUT2D eigenvalue weighted by Gasteiger charge is -2.39. The molecule has 2 fully saturated rings. The standard InChI is InChI=1S/C11H22N2O/c14-9-10-2-1-7-13(8-10)11-3-5-12-6-4-11/h10-12,14H,1-9H2. The molecule has 0 aromatic carbocycles. The van der Waals surface area contributed by atoms with Crippen LogP contribution in [0.4, 0.5) is 0 Å². The molecule has 0 amide bonds. The summed E-state index contributed by atoms with van der Waals surface area (Å²) in [5, 5.41) is 12.6. The van der Waals surface area contributed by atoms with Gasteiger partial charge < -0.3 is 10.4 Å². The fraction of sp³-hybridized carbons (Fsp3) is 1.00. The maximum atomic E-state index is 9.17. The zero-order chi connectivity index (χ0) is 9.80. The number of likely N-dealkylation sites (tertiary alicyclic amines) is 1. The van der Waals surface area contributed by atoms with Gasteiger partial charge in [-0.3, -0.25) is 4.90 Å². The van der Waals surface area contributed by atoms with Crippen LogP contribution in [0.25, 0.3) is 0 Å². The predicted octanol–water partition coefficient (Wildman–Crippen LogP) is 0.443. The molecule has 2 saturated heterocycles. The van der Waals surface area contributed by atoms with Crippen molar-refractivity contribution in [2.24, 2.45) is 5.92 Å². The Bertz CT molecular complexity index is 169. The summed E-state index contributed by atoms with van der Waals surface area (Å²) in [5.41, 5.74) is 0. The Morgan fingerprint density at radius 1 is 1.21 bits per heavy atom. The first-order chi connectivity index (χ1) is 6.90. The van der Waals surface area contributed by atoms with Crippen molar-refractivity contribution in [2.45, 2.75) is 31.7 Å². The van der Waals surface area contributed by atoms with Crippen molar-refractivity contribution >= 4 is 0 Å². The van der Waals surface area contributed by atoms with Crippen molar-refractivity contribution in [3.05, 3.63) is 0 Å². The van der Waals surface area contributed by atoms with Crippen LogP contribution >= 0.6 is 0 Å². The molecule has 0 aromatic rings. The molecule has 1 unspecified atom stereocenters. The van der Waals surface area contributed by atoms with E-state index >= 15 is 0 Å². The van der Waals surface area contributed by atoms with Gasteiger partial charge in [0.05, 0.1) is 0 Å². The van der Waals surface area contributed by atoms with E-state index in [9.17, 15) is 0 Å². The normalized spacial score (nSPS) is 31.9. The van der Waals surface area contributed by atoms with Crippen LogP contribution in [-0.2, 0) is 0 Å². The number of piperidine rings is 2. The van der Waals surface area contributed by atoms with E-state index in [1.807, 2.05) is 0 Å². The lowest BCUT2D eigenvalue weighted by Crippen LogP contribution is -2.47. The number of nitrogens with zero attached hydrogens (tertiary/aromatic N) is 1. The Morgan fingerprint density at radius 2 is 2.00 bits per heavy atom. The molecule has 2 aliphatic rings. The summed E-state index contributed by atoms with van der Waals surface area (Å²) in [6.45, 7) is 5.10. The van der Waals surface area contributed by atoms with Gasteiger partial charge in [0.25, 0.3) is 0 Å². The zero-order valence-electron chi connectivity index (χ0n) is 8.91. The molecule has 0 aliphatic carbocycles. The second-order valence-electron chi connectivity index (χ2n) is 4.67. The first-order valence-corrected chi connectivity index (χ1v) is 5.96. The third-order valence-corrected chi connectivity index (χ3v) is 3.63. The lowest BCUT2D eigenvalue weighted by atomic mass is 9.95. The molecular weight excluding hydrogens is 176 g/mol. The Morgan fingerprint density at radius 3 is 2.71 bits per heavy atom. The van der Waals surface area contributed by atoms with Gasteiger partial charge in [-0.05, 0) is 51.2 Å². The maximum Gasteiger partial charge on any atom is 0.0471 e. The van der Waals surface area contributed by atoms with Crippen LogP contribution in [0.3, 0.4) is 0 Å². The summed E-state index contributed by atoms with van der Waals surface area (Å²) in [6.07, 6.45) is 5.07. The van der Waals surface area contributed by atoms with Crippen LogP contribution in [0, 0.1) is 5.92 Å². The molecule has 2 rings (SSSR count). The van der Waals surface area contributed by atoms with E-state index in [-0.39, 0.29) is 0 Å². The van der Waals surface area contributed by atoms with Gasteiger partial charge in [-0.25, -0.2) is 0 Å². The Hall–Kier alpha value is -0.120. The van der Waals surface area contributed by atoms with Crippen molar-refractivity contribution in [3.8, 4) is 0 Å². The van der Waals surface area contributed by atoms with Crippen LogP contribution in [-0.4, -0.2) is 48.8 Å². The number of aliphatic hydroxyl groups is 1. The molecule has 0 spiro atoms. The quantitative estimate of drug-likeness (QED) is 0.676. The van der Waals surface area contributed by atoms with Crippen molar-refractivity contribution in [1.82, 2.24) is 10.2 Å². The largest absolute Gasteiger partial charge is 0.396 e. The van der Waals surface area contributed by atoms with Gasteiger partial charge in [0.15, 0.2) is 0 Å². The fourth-order valence-corrected chi connectivity index (χ4v) is 2.75. The van der Waals surface area contributed by atoms with Gasteiger partial charge in [0.2, 0.25) is 0 Å². The Labute approximate surface area is 86.5 Å². The molecular formula is C11H22N2O. The third kappa shape index (κ3) is 2.47. The second-order valence-corrected chi connectivity index (χ2v) is 4.67. The van der Waals surface area contributed by atoms with Gasteiger partial charge in [0, 0.05) is 19.2 Å². The Kier molecular flexibility index (Phi) is 3.79. The summed E-state index contributed by atoms with van der Waals surface area (Å²) >= 11 is 0. The minimum Gasteiger partial charge on any atom is -0.396 e. The van der Waals surface area contributed by atoms with Crippen molar-refractivity contribution < 1.29 is 5.11 Å². The maximum absolute atomic E-state index is 9.17. The molecule has 2 heterocycles. The highest BCUT2D eigenvalue weighted by molar-refractivity contribution is 4.82. The second kappa shape index (κ2) is 5.10. The van der Waals surface area contributed by atoms with E-state index in [1.54, 1.807) is 0 Å². The molecule has 0 saturated carbocycles. The molecule has 82 valence electrons. The molecule has 0 bridgehead atoms. The van der Waals surface area contributed by atoms with Crippen LogP contribution in [0.5, 0.6) is 0 Å². The van der Waals surface area contributed by atoms with Crippen molar-refractivity contribution in [1.29, 1.82) is 0 Å². The highest BCUT2D eigenvalue weighted by Crippen LogP contribution is 2.21. The predicted molar refractivity (Wildman–Crippen MR) is 57.3 cm³/mol. The first kappa shape index (κ1) is 10.4. The smallest absolute Gasteiger partial charge is 0.0471 e.